The predicted octanol–water partition coefficient (Wildman–Crippen LogP) is 4.08. The van der Waals surface area contributed by atoms with Crippen molar-refractivity contribution < 1.29 is 5.11 Å². The van der Waals surface area contributed by atoms with Crippen LogP contribution in [0.25, 0.3) is 10.8 Å². The van der Waals surface area contributed by atoms with E-state index in [1.165, 1.54) is 19.3 Å². The van der Waals surface area contributed by atoms with Gasteiger partial charge in [-0.1, -0.05) is 22.0 Å². The molecule has 3 nitrogen and oxygen atoms in total. The molecule has 0 bridgehead atoms. The summed E-state index contributed by atoms with van der Waals surface area (Å²) >= 11 is 3.56. The number of phenolic OH excluding ortho intramolecular Hbond substituents is 1. The third kappa shape index (κ3) is 2.62. The minimum Gasteiger partial charge on any atom is -0.508 e. The smallest absolute Gasteiger partial charge is 0.136 e. The number of piperidine rings is 1. The number of aromatic nitrogens is 1. The first-order valence-electron chi connectivity index (χ1n) is 7.20. The van der Waals surface area contributed by atoms with Gasteiger partial charge in [0.15, 0.2) is 0 Å². The van der Waals surface area contributed by atoms with E-state index in [1.807, 2.05) is 24.4 Å². The van der Waals surface area contributed by atoms with Crippen LogP contribution in [-0.4, -0.2) is 28.0 Å². The molecule has 4 heteroatoms. The van der Waals surface area contributed by atoms with Gasteiger partial charge in [-0.15, -0.1) is 0 Å². The minimum atomic E-state index is 0.306. The number of alkyl halides is 1. The van der Waals surface area contributed by atoms with E-state index in [-0.39, 0.29) is 0 Å². The van der Waals surface area contributed by atoms with Crippen molar-refractivity contribution in [3.05, 3.63) is 30.5 Å². The molecule has 1 atom stereocenters. The molecule has 2 heterocycles. The lowest BCUT2D eigenvalue weighted by Crippen LogP contribution is -2.40. The minimum absolute atomic E-state index is 0.306. The molecule has 0 radical (unpaired) electrons. The van der Waals surface area contributed by atoms with Gasteiger partial charge >= 0.3 is 0 Å². The number of hydrogen-bond acceptors (Lipinski definition) is 3. The van der Waals surface area contributed by atoms with Gasteiger partial charge in [-0.2, -0.15) is 0 Å². The van der Waals surface area contributed by atoms with Crippen molar-refractivity contribution >= 4 is 32.5 Å². The van der Waals surface area contributed by atoms with Crippen LogP contribution in [-0.2, 0) is 0 Å². The van der Waals surface area contributed by atoms with E-state index in [0.717, 1.165) is 34.9 Å². The molecular formula is C16H19BrN2O. The average molecular weight is 335 g/mol. The number of halogens is 1. The van der Waals surface area contributed by atoms with Crippen LogP contribution in [0.15, 0.2) is 30.5 Å². The van der Waals surface area contributed by atoms with Crippen molar-refractivity contribution in [2.45, 2.75) is 31.7 Å². The van der Waals surface area contributed by atoms with Gasteiger partial charge in [-0.3, -0.25) is 0 Å². The Balaban J connectivity index is 2.05. The number of phenols is 1. The Morgan fingerprint density at radius 2 is 2.20 bits per heavy atom. The zero-order chi connectivity index (χ0) is 13.9. The summed E-state index contributed by atoms with van der Waals surface area (Å²) in [5.41, 5.74) is 0. The van der Waals surface area contributed by atoms with Crippen LogP contribution in [0.5, 0.6) is 5.75 Å². The third-order valence-corrected chi connectivity index (χ3v) is 4.53. The summed E-state index contributed by atoms with van der Waals surface area (Å²) in [6, 6.07) is 8.07. The van der Waals surface area contributed by atoms with Gasteiger partial charge in [-0.25, -0.2) is 4.98 Å². The normalized spacial score (nSPS) is 19.4. The summed E-state index contributed by atoms with van der Waals surface area (Å²) in [6.07, 6.45) is 6.74. The SMILES string of the molecule is Oc1ccc2ccnc(N3CCCCC3CCBr)c2c1. The molecule has 20 heavy (non-hydrogen) atoms. The topological polar surface area (TPSA) is 36.4 Å². The molecule has 0 saturated carbocycles. The van der Waals surface area contributed by atoms with Crippen LogP contribution in [0.2, 0.25) is 0 Å². The number of pyridine rings is 1. The number of aromatic hydroxyl groups is 1. The lowest BCUT2D eigenvalue weighted by Gasteiger charge is -2.37. The van der Waals surface area contributed by atoms with Gasteiger partial charge in [0.05, 0.1) is 0 Å². The van der Waals surface area contributed by atoms with Crippen LogP contribution in [0.1, 0.15) is 25.7 Å². The van der Waals surface area contributed by atoms with Crippen molar-refractivity contribution in [3.63, 3.8) is 0 Å². The number of nitrogens with zero attached hydrogens (tertiary/aromatic N) is 2. The largest absolute Gasteiger partial charge is 0.508 e. The van der Waals surface area contributed by atoms with Gasteiger partial charge in [-0.05, 0) is 49.3 Å². The highest BCUT2D eigenvalue weighted by molar-refractivity contribution is 9.09. The Labute approximate surface area is 127 Å². The van der Waals surface area contributed by atoms with Gasteiger partial charge in [0.1, 0.15) is 11.6 Å². The maximum absolute atomic E-state index is 9.77. The molecule has 1 N–H and O–H groups in total. The molecule has 1 aliphatic heterocycles. The molecule has 1 saturated heterocycles. The number of hydrogen-bond donors (Lipinski definition) is 1. The fraction of sp³-hybridized carbons (Fsp3) is 0.438. The monoisotopic (exact) mass is 334 g/mol. The quantitative estimate of drug-likeness (QED) is 0.859. The summed E-state index contributed by atoms with van der Waals surface area (Å²) in [4.78, 5) is 7.03. The fourth-order valence-corrected chi connectivity index (χ4v) is 3.60. The summed E-state index contributed by atoms with van der Waals surface area (Å²) in [5.74, 6) is 1.32. The Hall–Kier alpha value is -1.29. The van der Waals surface area contributed by atoms with E-state index in [2.05, 4.69) is 25.8 Å². The van der Waals surface area contributed by atoms with Crippen LogP contribution in [0.4, 0.5) is 5.82 Å². The second-order valence-electron chi connectivity index (χ2n) is 5.36. The molecule has 1 aromatic heterocycles. The zero-order valence-electron chi connectivity index (χ0n) is 11.4. The highest BCUT2D eigenvalue weighted by Crippen LogP contribution is 2.32. The second kappa shape index (κ2) is 6.00. The van der Waals surface area contributed by atoms with Crippen LogP contribution < -0.4 is 4.90 Å². The molecule has 106 valence electrons. The van der Waals surface area contributed by atoms with Gasteiger partial charge in [0.2, 0.25) is 0 Å². The molecule has 0 aliphatic carbocycles. The molecule has 3 rings (SSSR count). The summed E-state index contributed by atoms with van der Waals surface area (Å²) < 4.78 is 0. The lowest BCUT2D eigenvalue weighted by atomic mass is 9.99. The lowest BCUT2D eigenvalue weighted by molar-refractivity contribution is 0.450. The number of anilines is 1. The van der Waals surface area contributed by atoms with Crippen molar-refractivity contribution in [2.24, 2.45) is 0 Å². The number of benzene rings is 1. The predicted molar refractivity (Wildman–Crippen MR) is 86.8 cm³/mol. The van der Waals surface area contributed by atoms with Crippen molar-refractivity contribution in [1.29, 1.82) is 0 Å². The van der Waals surface area contributed by atoms with Crippen LogP contribution >= 0.6 is 15.9 Å². The van der Waals surface area contributed by atoms with E-state index in [4.69, 9.17) is 0 Å². The first-order valence-corrected chi connectivity index (χ1v) is 8.32. The van der Waals surface area contributed by atoms with E-state index < -0.39 is 0 Å². The Bertz CT molecular complexity index is 600. The van der Waals surface area contributed by atoms with Gasteiger partial charge in [0, 0.05) is 29.5 Å². The van der Waals surface area contributed by atoms with E-state index >= 15 is 0 Å². The molecule has 1 aromatic carbocycles. The zero-order valence-corrected chi connectivity index (χ0v) is 13.0. The third-order valence-electron chi connectivity index (χ3n) is 4.07. The number of rotatable bonds is 3. The molecule has 2 aromatic rings. The highest BCUT2D eigenvalue weighted by atomic mass is 79.9. The summed E-state index contributed by atoms with van der Waals surface area (Å²) in [6.45, 7) is 1.05. The fourth-order valence-electron chi connectivity index (χ4n) is 3.08. The Morgan fingerprint density at radius 1 is 1.30 bits per heavy atom. The van der Waals surface area contributed by atoms with E-state index in [1.54, 1.807) is 6.07 Å². The van der Waals surface area contributed by atoms with Crippen molar-refractivity contribution in [1.82, 2.24) is 4.98 Å². The molecule has 0 amide bonds. The van der Waals surface area contributed by atoms with Crippen molar-refractivity contribution in [2.75, 3.05) is 16.8 Å². The highest BCUT2D eigenvalue weighted by Gasteiger charge is 2.24. The maximum Gasteiger partial charge on any atom is 0.136 e. The average Bonchev–Trinajstić information content (AvgIpc) is 2.48. The maximum atomic E-state index is 9.77. The molecule has 0 spiro atoms. The molecule has 1 unspecified atom stereocenters. The first kappa shape index (κ1) is 13.7. The summed E-state index contributed by atoms with van der Waals surface area (Å²) in [7, 11) is 0. The first-order chi connectivity index (χ1) is 9.79. The standard InChI is InChI=1S/C16H19BrN2O/c17-8-6-13-3-1-2-10-19(13)16-15-11-14(20)5-4-12(15)7-9-18-16/h4-5,7,9,11,13,20H,1-3,6,8,10H2. The van der Waals surface area contributed by atoms with Crippen molar-refractivity contribution in [3.8, 4) is 5.75 Å². The van der Waals surface area contributed by atoms with Crippen LogP contribution in [0.3, 0.4) is 0 Å². The van der Waals surface area contributed by atoms with E-state index in [9.17, 15) is 5.11 Å². The summed E-state index contributed by atoms with van der Waals surface area (Å²) in [5, 5.41) is 13.0. The second-order valence-corrected chi connectivity index (χ2v) is 6.15. The number of fused-ring (bicyclic) bond motifs is 1. The van der Waals surface area contributed by atoms with Gasteiger partial charge in [0.25, 0.3) is 0 Å². The molecule has 1 aliphatic rings. The Morgan fingerprint density at radius 3 is 3.05 bits per heavy atom. The van der Waals surface area contributed by atoms with Gasteiger partial charge < -0.3 is 10.0 Å². The van der Waals surface area contributed by atoms with E-state index in [0.29, 0.717) is 11.8 Å². The van der Waals surface area contributed by atoms with Crippen LogP contribution in [0, 0.1) is 0 Å². The molecule has 1 fully saturated rings. The Kier molecular flexibility index (Phi) is 4.10. The molecular weight excluding hydrogens is 316 g/mol.